The molecular weight excluding hydrogens is 350 g/mol. The molecule has 2 aliphatic rings. The number of fused-ring (bicyclic) bond motifs is 1. The van der Waals surface area contributed by atoms with Gasteiger partial charge in [0.05, 0.1) is 5.52 Å². The molecule has 2 heterocycles. The second kappa shape index (κ2) is 8.59. The van der Waals surface area contributed by atoms with Gasteiger partial charge in [0.15, 0.2) is 5.96 Å². The highest BCUT2D eigenvalue weighted by atomic mass is 16.2. The van der Waals surface area contributed by atoms with E-state index in [0.29, 0.717) is 12.5 Å². The van der Waals surface area contributed by atoms with Gasteiger partial charge in [-0.25, -0.2) is 0 Å². The van der Waals surface area contributed by atoms with Gasteiger partial charge in [0.1, 0.15) is 0 Å². The van der Waals surface area contributed by atoms with E-state index in [1.807, 2.05) is 17.2 Å². The van der Waals surface area contributed by atoms with E-state index in [2.05, 4.69) is 44.9 Å². The molecule has 1 aliphatic heterocycles. The zero-order chi connectivity index (χ0) is 19.3. The number of hydrogen-bond donors (Lipinski definition) is 2. The zero-order valence-corrected chi connectivity index (χ0v) is 16.5. The number of pyridine rings is 1. The van der Waals surface area contributed by atoms with Gasteiger partial charge >= 0.3 is 0 Å². The van der Waals surface area contributed by atoms with Crippen LogP contribution in [-0.4, -0.2) is 47.9 Å². The van der Waals surface area contributed by atoms with Gasteiger partial charge in [-0.05, 0) is 30.9 Å². The average Bonchev–Trinajstić information content (AvgIpc) is 3.43. The molecular formula is C22H29N5O. The minimum absolute atomic E-state index is 0.252. The van der Waals surface area contributed by atoms with Crippen LogP contribution in [0.4, 0.5) is 0 Å². The Balaban J connectivity index is 1.32. The van der Waals surface area contributed by atoms with Crippen molar-refractivity contribution in [3.8, 4) is 0 Å². The molecule has 1 saturated heterocycles. The fourth-order valence-electron chi connectivity index (χ4n) is 4.39. The van der Waals surface area contributed by atoms with Gasteiger partial charge in [-0.15, -0.1) is 0 Å². The summed E-state index contributed by atoms with van der Waals surface area (Å²) in [6.07, 6.45) is 7.32. The molecule has 0 radical (unpaired) electrons. The molecule has 1 amide bonds. The van der Waals surface area contributed by atoms with Crippen LogP contribution in [0.3, 0.4) is 0 Å². The summed E-state index contributed by atoms with van der Waals surface area (Å²) in [5, 5.41) is 8.02. The van der Waals surface area contributed by atoms with Gasteiger partial charge in [-0.2, -0.15) is 0 Å². The second-order valence-electron chi connectivity index (χ2n) is 7.81. The number of aliphatic imine (C=N–C) groups is 1. The Kier molecular flexibility index (Phi) is 5.74. The first-order valence-corrected chi connectivity index (χ1v) is 10.3. The predicted octanol–water partition coefficient (Wildman–Crippen LogP) is 2.69. The molecule has 2 fully saturated rings. The number of carbonyl (C=O) groups is 1. The van der Waals surface area contributed by atoms with Gasteiger partial charge in [0, 0.05) is 50.2 Å². The van der Waals surface area contributed by atoms with Crippen LogP contribution in [0.25, 0.3) is 10.9 Å². The molecule has 0 spiro atoms. The summed E-state index contributed by atoms with van der Waals surface area (Å²) in [7, 11) is 1.78. The Morgan fingerprint density at radius 1 is 1.21 bits per heavy atom. The highest BCUT2D eigenvalue weighted by Crippen LogP contribution is 2.27. The van der Waals surface area contributed by atoms with Crippen molar-refractivity contribution < 1.29 is 4.79 Å². The van der Waals surface area contributed by atoms with Crippen molar-refractivity contribution in [2.45, 2.75) is 44.7 Å². The molecule has 2 aromatic rings. The second-order valence-corrected chi connectivity index (χ2v) is 7.81. The number of guanidine groups is 1. The molecule has 4 rings (SSSR count). The maximum Gasteiger partial charge on any atom is 0.225 e. The largest absolute Gasteiger partial charge is 0.352 e. The van der Waals surface area contributed by atoms with Crippen LogP contribution in [-0.2, 0) is 11.3 Å². The lowest BCUT2D eigenvalue weighted by Crippen LogP contribution is -2.45. The van der Waals surface area contributed by atoms with Gasteiger partial charge in [0.2, 0.25) is 5.91 Å². The Bertz CT molecular complexity index is 854. The van der Waals surface area contributed by atoms with Crippen LogP contribution in [0, 0.1) is 5.92 Å². The van der Waals surface area contributed by atoms with Crippen molar-refractivity contribution >= 4 is 22.8 Å². The Morgan fingerprint density at radius 3 is 2.86 bits per heavy atom. The number of nitrogens with zero attached hydrogens (tertiary/aromatic N) is 3. The molecule has 1 saturated carbocycles. The Hall–Kier alpha value is -2.63. The van der Waals surface area contributed by atoms with E-state index in [0.717, 1.165) is 54.8 Å². The van der Waals surface area contributed by atoms with Crippen molar-refractivity contribution in [3.63, 3.8) is 0 Å². The monoisotopic (exact) mass is 379 g/mol. The molecule has 1 atom stereocenters. The highest BCUT2D eigenvalue weighted by Gasteiger charge is 2.32. The van der Waals surface area contributed by atoms with Crippen LogP contribution in [0.5, 0.6) is 0 Å². The van der Waals surface area contributed by atoms with E-state index in [9.17, 15) is 4.79 Å². The average molecular weight is 380 g/mol. The van der Waals surface area contributed by atoms with E-state index < -0.39 is 0 Å². The van der Waals surface area contributed by atoms with Crippen LogP contribution >= 0.6 is 0 Å². The lowest BCUT2D eigenvalue weighted by Gasteiger charge is -2.21. The normalized spacial score (nSPS) is 20.7. The van der Waals surface area contributed by atoms with Gasteiger partial charge in [0.25, 0.3) is 0 Å². The third-order valence-electron chi connectivity index (χ3n) is 5.93. The maximum atomic E-state index is 12.6. The predicted molar refractivity (Wildman–Crippen MR) is 112 cm³/mol. The molecule has 1 aromatic carbocycles. The smallest absolute Gasteiger partial charge is 0.225 e. The number of nitrogens with one attached hydrogen (secondary N) is 2. The first kappa shape index (κ1) is 18.7. The SMILES string of the molecule is CN=C(NCc1cccc2cccnc12)NC1CCN(C(=O)C2CCCC2)C1. The molecule has 6 heteroatoms. The maximum absolute atomic E-state index is 12.6. The van der Waals surface area contributed by atoms with Crippen molar-refractivity contribution in [1.82, 2.24) is 20.5 Å². The summed E-state index contributed by atoms with van der Waals surface area (Å²) in [5.74, 6) is 1.38. The van der Waals surface area contributed by atoms with Crippen molar-refractivity contribution in [1.29, 1.82) is 0 Å². The molecule has 2 N–H and O–H groups in total. The summed E-state index contributed by atoms with van der Waals surface area (Å²) in [4.78, 5) is 23.5. The zero-order valence-electron chi connectivity index (χ0n) is 16.5. The van der Waals surface area contributed by atoms with Crippen molar-refractivity contribution in [3.05, 3.63) is 42.1 Å². The Morgan fingerprint density at radius 2 is 2.04 bits per heavy atom. The highest BCUT2D eigenvalue weighted by molar-refractivity contribution is 5.84. The molecule has 0 bridgehead atoms. The van der Waals surface area contributed by atoms with Crippen molar-refractivity contribution in [2.24, 2.45) is 10.9 Å². The number of rotatable bonds is 4. The summed E-state index contributed by atoms with van der Waals surface area (Å²) in [6, 6.07) is 10.5. The lowest BCUT2D eigenvalue weighted by molar-refractivity contribution is -0.134. The number of hydrogen-bond acceptors (Lipinski definition) is 3. The van der Waals surface area contributed by atoms with Crippen LogP contribution in [0.1, 0.15) is 37.7 Å². The first-order valence-electron chi connectivity index (χ1n) is 10.3. The van der Waals surface area contributed by atoms with E-state index in [1.165, 1.54) is 12.8 Å². The third-order valence-corrected chi connectivity index (χ3v) is 5.93. The van der Waals surface area contributed by atoms with Gasteiger partial charge in [-0.3, -0.25) is 14.8 Å². The standard InChI is InChI=1S/C22H29N5O/c1-23-22(25-14-18-9-4-8-16-10-5-12-24-20(16)18)26-19-11-13-27(15-19)21(28)17-6-2-3-7-17/h4-5,8-10,12,17,19H,2-3,6-7,11,13-15H2,1H3,(H2,23,25,26). The minimum atomic E-state index is 0.252. The van der Waals surface area contributed by atoms with Crippen LogP contribution in [0.2, 0.25) is 0 Å². The molecule has 1 unspecified atom stereocenters. The minimum Gasteiger partial charge on any atom is -0.352 e. The number of benzene rings is 1. The van der Waals surface area contributed by atoms with Crippen molar-refractivity contribution in [2.75, 3.05) is 20.1 Å². The number of likely N-dealkylation sites (tertiary alicyclic amines) is 1. The van der Waals surface area contributed by atoms with Crippen LogP contribution < -0.4 is 10.6 Å². The summed E-state index contributed by atoms with van der Waals surface area (Å²) < 4.78 is 0. The number of amides is 1. The van der Waals surface area contributed by atoms with Gasteiger partial charge < -0.3 is 15.5 Å². The summed E-state index contributed by atoms with van der Waals surface area (Å²) >= 11 is 0. The molecule has 28 heavy (non-hydrogen) atoms. The summed E-state index contributed by atoms with van der Waals surface area (Å²) in [6.45, 7) is 2.27. The topological polar surface area (TPSA) is 69.6 Å². The van der Waals surface area contributed by atoms with Crippen LogP contribution in [0.15, 0.2) is 41.5 Å². The fraction of sp³-hybridized carbons (Fsp3) is 0.500. The molecule has 1 aliphatic carbocycles. The number of aromatic nitrogens is 1. The quantitative estimate of drug-likeness (QED) is 0.633. The Labute approximate surface area is 166 Å². The molecule has 148 valence electrons. The van der Waals surface area contributed by atoms with Gasteiger partial charge in [-0.1, -0.05) is 37.1 Å². The fourth-order valence-corrected chi connectivity index (χ4v) is 4.39. The summed E-state index contributed by atoms with van der Waals surface area (Å²) in [5.41, 5.74) is 2.16. The molecule has 1 aromatic heterocycles. The lowest BCUT2D eigenvalue weighted by atomic mass is 10.1. The third kappa shape index (κ3) is 4.11. The van der Waals surface area contributed by atoms with E-state index in [1.54, 1.807) is 7.05 Å². The number of carbonyl (C=O) groups excluding carboxylic acids is 1. The van der Waals surface area contributed by atoms with E-state index in [-0.39, 0.29) is 12.0 Å². The molecule has 6 nitrogen and oxygen atoms in total. The van der Waals surface area contributed by atoms with E-state index >= 15 is 0 Å². The first-order chi connectivity index (χ1) is 13.7. The van der Waals surface area contributed by atoms with E-state index in [4.69, 9.17) is 0 Å². The number of para-hydroxylation sites is 1.